The fraction of sp³-hybridized carbons (Fsp3) is 0.303. The number of carbonyl (C=O) groups excluding carboxylic acids is 2. The minimum atomic E-state index is -4.17. The molecule has 0 fully saturated rings. The molecule has 4 aromatic rings. The highest BCUT2D eigenvalue weighted by molar-refractivity contribution is 7.85. The Kier molecular flexibility index (Phi) is 11.0. The third kappa shape index (κ3) is 9.24. The Hall–Kier alpha value is -4.59. The van der Waals surface area contributed by atoms with Gasteiger partial charge >= 0.3 is 6.03 Å². The fourth-order valence-corrected chi connectivity index (χ4v) is 5.70. The number of hydrogen-bond acceptors (Lipinski definition) is 7. The molecule has 0 bridgehead atoms. The number of amides is 3. The number of benzene rings is 3. The first-order valence-electron chi connectivity index (χ1n) is 15.1. The third-order valence-corrected chi connectivity index (χ3v) is 8.62. The van der Waals surface area contributed by atoms with Crippen molar-refractivity contribution in [2.24, 2.45) is 0 Å². The van der Waals surface area contributed by atoms with E-state index in [1.54, 1.807) is 34.0 Å². The third-order valence-electron chi connectivity index (χ3n) is 7.49. The first kappa shape index (κ1) is 33.8. The number of halogens is 1. The van der Waals surface area contributed by atoms with Gasteiger partial charge in [-0.1, -0.05) is 41.9 Å². The van der Waals surface area contributed by atoms with E-state index in [1.807, 2.05) is 55.6 Å². The zero-order chi connectivity index (χ0) is 33.4. The summed E-state index contributed by atoms with van der Waals surface area (Å²) in [6.45, 7) is 3.51. The zero-order valence-electron chi connectivity index (χ0n) is 25.8. The van der Waals surface area contributed by atoms with Gasteiger partial charge in [-0.3, -0.25) is 14.0 Å². The van der Waals surface area contributed by atoms with Gasteiger partial charge in [0.1, 0.15) is 5.75 Å². The molecule has 3 aromatic carbocycles. The summed E-state index contributed by atoms with van der Waals surface area (Å²) in [7, 11) is -4.17. The van der Waals surface area contributed by atoms with E-state index in [4.69, 9.17) is 25.6 Å². The summed E-state index contributed by atoms with van der Waals surface area (Å²) in [6, 6.07) is 17.8. The van der Waals surface area contributed by atoms with Crippen LogP contribution in [0.3, 0.4) is 0 Å². The molecule has 5 rings (SSSR count). The monoisotopic (exact) mass is 681 g/mol. The molecular formula is C33H36ClN5O7S. The minimum Gasteiger partial charge on any atom is -0.493 e. The Bertz CT molecular complexity index is 1850. The van der Waals surface area contributed by atoms with Crippen molar-refractivity contribution < 1.29 is 32.0 Å². The molecule has 3 amide bonds. The van der Waals surface area contributed by atoms with Crippen molar-refractivity contribution in [3.63, 3.8) is 0 Å². The van der Waals surface area contributed by atoms with Crippen LogP contribution in [-0.4, -0.2) is 66.7 Å². The zero-order valence-corrected chi connectivity index (χ0v) is 27.4. The van der Waals surface area contributed by atoms with Gasteiger partial charge < -0.3 is 25.0 Å². The number of rotatable bonds is 12. The lowest BCUT2D eigenvalue weighted by Gasteiger charge is -2.23. The van der Waals surface area contributed by atoms with E-state index in [1.165, 1.54) is 0 Å². The maximum absolute atomic E-state index is 13.4. The summed E-state index contributed by atoms with van der Waals surface area (Å²) < 4.78 is 44.4. The number of anilines is 2. The first-order chi connectivity index (χ1) is 22.6. The molecule has 14 heteroatoms. The number of para-hydroxylation sites is 1. The van der Waals surface area contributed by atoms with Crippen molar-refractivity contribution in [3.05, 3.63) is 89.2 Å². The van der Waals surface area contributed by atoms with Gasteiger partial charge in [-0.2, -0.15) is 13.5 Å². The van der Waals surface area contributed by atoms with E-state index in [0.29, 0.717) is 67.8 Å². The van der Waals surface area contributed by atoms with Crippen molar-refractivity contribution in [2.45, 2.75) is 32.7 Å². The molecule has 1 aliphatic rings. The van der Waals surface area contributed by atoms with Gasteiger partial charge in [-0.05, 0) is 55.7 Å². The van der Waals surface area contributed by atoms with Crippen molar-refractivity contribution in [1.29, 1.82) is 0 Å². The second-order valence-electron chi connectivity index (χ2n) is 11.0. The number of urea groups is 1. The highest BCUT2D eigenvalue weighted by atomic mass is 35.5. The molecule has 0 saturated carbocycles. The Morgan fingerprint density at radius 3 is 2.77 bits per heavy atom. The average molecular weight is 682 g/mol. The van der Waals surface area contributed by atoms with E-state index in [9.17, 15) is 18.0 Å². The van der Waals surface area contributed by atoms with Crippen LogP contribution >= 0.6 is 11.6 Å². The topological polar surface area (TPSA) is 152 Å². The van der Waals surface area contributed by atoms with Gasteiger partial charge in [-0.25, -0.2) is 4.79 Å². The highest BCUT2D eigenvalue weighted by Gasteiger charge is 2.25. The molecule has 47 heavy (non-hydrogen) atoms. The van der Waals surface area contributed by atoms with Crippen LogP contribution in [-0.2, 0) is 21.5 Å². The van der Waals surface area contributed by atoms with E-state index in [0.717, 1.165) is 27.9 Å². The number of fused-ring (bicyclic) bond motifs is 1. The van der Waals surface area contributed by atoms with Crippen LogP contribution in [0, 0.1) is 6.92 Å². The average Bonchev–Trinajstić information content (AvgIpc) is 3.37. The molecule has 0 atom stereocenters. The summed E-state index contributed by atoms with van der Waals surface area (Å²) in [5.74, 6) is 0.769. The molecule has 0 unspecified atom stereocenters. The lowest BCUT2D eigenvalue weighted by atomic mass is 10.1. The van der Waals surface area contributed by atoms with Gasteiger partial charge in [0.25, 0.3) is 10.1 Å². The van der Waals surface area contributed by atoms with Gasteiger partial charge in [-0.15, -0.1) is 0 Å². The van der Waals surface area contributed by atoms with Crippen LogP contribution < -0.4 is 25.0 Å². The molecule has 3 N–H and O–H groups in total. The molecule has 248 valence electrons. The van der Waals surface area contributed by atoms with Crippen molar-refractivity contribution >= 4 is 45.0 Å². The predicted molar refractivity (Wildman–Crippen MR) is 180 cm³/mol. The Morgan fingerprint density at radius 1 is 1.13 bits per heavy atom. The first-order valence-corrected chi connectivity index (χ1v) is 17.1. The Labute approximate surface area is 278 Å². The number of nitrogens with zero attached hydrogens (tertiary/aromatic N) is 3. The quantitative estimate of drug-likeness (QED) is 0.130. The standard InChI is InChI=1S/C33H36ClN5O7S/c1-23-28(34)10-4-12-30(23)45-16-5-13-31(40)39-15-6-17-46-32-27(9-3-11-29(32)39)25-20-36-38(22-25)21-24-7-2-8-26(19-24)37-33(41)35-14-18-47(42,43)44/h2-4,7-12,19-20,22H,5-6,13-18,21H2,1H3,(H2,35,37,41)(H,42,43,44). The lowest BCUT2D eigenvalue weighted by molar-refractivity contribution is -0.118. The minimum absolute atomic E-state index is 0.00314. The smallest absolute Gasteiger partial charge is 0.319 e. The fourth-order valence-electron chi connectivity index (χ4n) is 5.17. The number of hydrogen-bond donors (Lipinski definition) is 3. The molecule has 1 aliphatic heterocycles. The van der Waals surface area contributed by atoms with Crippen LogP contribution in [0.4, 0.5) is 16.2 Å². The summed E-state index contributed by atoms with van der Waals surface area (Å²) in [5.41, 5.74) is 4.62. The molecule has 12 nitrogen and oxygen atoms in total. The Balaban J connectivity index is 1.22. The largest absolute Gasteiger partial charge is 0.493 e. The van der Waals surface area contributed by atoms with Crippen molar-refractivity contribution in [1.82, 2.24) is 15.1 Å². The van der Waals surface area contributed by atoms with E-state index in [-0.39, 0.29) is 12.5 Å². The van der Waals surface area contributed by atoms with Crippen LogP contribution in [0.15, 0.2) is 73.1 Å². The van der Waals surface area contributed by atoms with Gasteiger partial charge in [0.05, 0.1) is 37.4 Å². The van der Waals surface area contributed by atoms with Crippen molar-refractivity contribution in [2.75, 3.05) is 42.3 Å². The molecule has 1 aromatic heterocycles. The van der Waals surface area contributed by atoms with Gasteiger partial charge in [0.2, 0.25) is 5.91 Å². The van der Waals surface area contributed by atoms with Crippen LogP contribution in [0.5, 0.6) is 11.5 Å². The number of aromatic nitrogens is 2. The van der Waals surface area contributed by atoms with E-state index >= 15 is 0 Å². The summed E-state index contributed by atoms with van der Waals surface area (Å²) >= 11 is 6.19. The number of ether oxygens (including phenoxy) is 2. The molecule has 0 saturated heterocycles. The predicted octanol–water partition coefficient (Wildman–Crippen LogP) is 5.54. The summed E-state index contributed by atoms with van der Waals surface area (Å²) in [5, 5.41) is 10.2. The van der Waals surface area contributed by atoms with E-state index < -0.39 is 21.9 Å². The Morgan fingerprint density at radius 2 is 1.94 bits per heavy atom. The second kappa shape index (κ2) is 15.3. The van der Waals surface area contributed by atoms with Crippen LogP contribution in [0.25, 0.3) is 11.1 Å². The molecule has 2 heterocycles. The molecular weight excluding hydrogens is 646 g/mol. The molecule has 0 radical (unpaired) electrons. The number of nitrogens with one attached hydrogen (secondary N) is 2. The normalized spacial score (nSPS) is 12.9. The van der Waals surface area contributed by atoms with Crippen molar-refractivity contribution in [3.8, 4) is 22.6 Å². The number of carbonyl (C=O) groups is 2. The van der Waals surface area contributed by atoms with Crippen LogP contribution in [0.1, 0.15) is 30.4 Å². The lowest BCUT2D eigenvalue weighted by Crippen LogP contribution is -2.32. The molecule has 0 aliphatic carbocycles. The molecule has 0 spiro atoms. The summed E-state index contributed by atoms with van der Waals surface area (Å²) in [4.78, 5) is 27.3. The van der Waals surface area contributed by atoms with Crippen LogP contribution in [0.2, 0.25) is 5.02 Å². The van der Waals surface area contributed by atoms with E-state index in [2.05, 4.69) is 15.7 Å². The van der Waals surface area contributed by atoms with Gasteiger partial charge in [0, 0.05) is 53.1 Å². The maximum Gasteiger partial charge on any atom is 0.319 e. The second-order valence-corrected chi connectivity index (χ2v) is 13.0. The van der Waals surface area contributed by atoms with Gasteiger partial charge in [0.15, 0.2) is 5.75 Å². The maximum atomic E-state index is 13.4. The highest BCUT2D eigenvalue weighted by Crippen LogP contribution is 2.40. The summed E-state index contributed by atoms with van der Waals surface area (Å²) in [6.07, 6.45) is 5.21. The SMILES string of the molecule is Cc1c(Cl)cccc1OCCCC(=O)N1CCCOc2c(-c3cnn(Cc4cccc(NC(=O)NCCS(=O)(=O)O)c4)c3)cccc21.